The number of nitrogens with one attached hydrogen (secondary N) is 1. The van der Waals surface area contributed by atoms with Crippen molar-refractivity contribution in [2.24, 2.45) is 5.92 Å². The zero-order chi connectivity index (χ0) is 10.4. The minimum atomic E-state index is 0.239. The summed E-state index contributed by atoms with van der Waals surface area (Å²) in [6.07, 6.45) is 3.76. The Labute approximate surface area is 92.3 Å². The van der Waals surface area contributed by atoms with E-state index in [1.807, 2.05) is 0 Å². The molecule has 0 bridgehead atoms. The first kappa shape index (κ1) is 12.3. The Balaban J connectivity index is 1.97. The average Bonchev–Trinajstić information content (AvgIpc) is 2.08. The van der Waals surface area contributed by atoms with Crippen LogP contribution in [0.2, 0.25) is 0 Å². The van der Waals surface area contributed by atoms with E-state index in [1.54, 1.807) is 0 Å². The molecular weight excluding hydrogens is 198 g/mol. The van der Waals surface area contributed by atoms with Gasteiger partial charge in [-0.05, 0) is 25.2 Å². The van der Waals surface area contributed by atoms with E-state index in [4.69, 9.17) is 16.3 Å². The summed E-state index contributed by atoms with van der Waals surface area (Å²) < 4.78 is 5.50. The molecule has 1 aliphatic carbocycles. The van der Waals surface area contributed by atoms with Crippen molar-refractivity contribution in [3.05, 3.63) is 0 Å². The molecule has 0 spiro atoms. The van der Waals surface area contributed by atoms with E-state index >= 15 is 0 Å². The van der Waals surface area contributed by atoms with Crippen LogP contribution in [0.25, 0.3) is 0 Å². The molecule has 0 amide bonds. The molecule has 1 aliphatic rings. The van der Waals surface area contributed by atoms with Gasteiger partial charge < -0.3 is 10.1 Å². The van der Waals surface area contributed by atoms with Crippen molar-refractivity contribution in [2.75, 3.05) is 25.6 Å². The molecule has 0 saturated heterocycles. The van der Waals surface area contributed by atoms with Crippen molar-refractivity contribution in [1.29, 1.82) is 0 Å². The minimum Gasteiger partial charge on any atom is -0.380 e. The van der Waals surface area contributed by atoms with Crippen molar-refractivity contribution in [3.63, 3.8) is 0 Å². The Morgan fingerprint density at radius 3 is 2.57 bits per heavy atom. The van der Waals surface area contributed by atoms with Crippen molar-refractivity contribution < 1.29 is 4.74 Å². The quantitative estimate of drug-likeness (QED) is 0.525. The number of ether oxygens (including phenoxy) is 1. The van der Waals surface area contributed by atoms with E-state index in [0.717, 1.165) is 25.6 Å². The van der Waals surface area contributed by atoms with E-state index in [2.05, 4.69) is 19.2 Å². The van der Waals surface area contributed by atoms with Crippen LogP contribution >= 0.6 is 11.6 Å². The maximum Gasteiger partial charge on any atom is 0.0591 e. The van der Waals surface area contributed by atoms with Crippen LogP contribution in [0.1, 0.15) is 33.1 Å². The summed E-state index contributed by atoms with van der Waals surface area (Å²) in [6, 6.07) is 0. The molecule has 84 valence electrons. The number of hydrogen-bond donors (Lipinski definition) is 1. The molecule has 3 heteroatoms. The second kappa shape index (κ2) is 5.94. The van der Waals surface area contributed by atoms with Crippen LogP contribution in [0.3, 0.4) is 0 Å². The third-order valence-corrected chi connectivity index (χ3v) is 3.28. The van der Waals surface area contributed by atoms with Crippen LogP contribution in [0.5, 0.6) is 0 Å². The van der Waals surface area contributed by atoms with Gasteiger partial charge in [-0.3, -0.25) is 0 Å². The Bertz CT molecular complexity index is 152. The van der Waals surface area contributed by atoms with Gasteiger partial charge >= 0.3 is 0 Å². The maximum absolute atomic E-state index is 5.92. The van der Waals surface area contributed by atoms with E-state index in [-0.39, 0.29) is 5.54 Å². The number of hydrogen-bond acceptors (Lipinski definition) is 2. The van der Waals surface area contributed by atoms with Gasteiger partial charge in [0.1, 0.15) is 0 Å². The van der Waals surface area contributed by atoms with Gasteiger partial charge in [0.15, 0.2) is 0 Å². The number of halogens is 1. The highest BCUT2D eigenvalue weighted by atomic mass is 35.5. The maximum atomic E-state index is 5.92. The first-order chi connectivity index (χ1) is 6.68. The predicted octanol–water partition coefficient (Wildman–Crippen LogP) is 2.41. The topological polar surface area (TPSA) is 21.3 Å². The van der Waals surface area contributed by atoms with Crippen molar-refractivity contribution in [1.82, 2.24) is 5.32 Å². The summed E-state index contributed by atoms with van der Waals surface area (Å²) >= 11 is 5.92. The van der Waals surface area contributed by atoms with Crippen LogP contribution in [-0.4, -0.2) is 31.2 Å². The van der Waals surface area contributed by atoms with E-state index in [1.165, 1.54) is 19.3 Å². The third-order valence-electron chi connectivity index (χ3n) is 2.76. The van der Waals surface area contributed by atoms with Crippen LogP contribution < -0.4 is 5.32 Å². The molecule has 0 aromatic heterocycles. The molecule has 0 aliphatic heterocycles. The fourth-order valence-corrected chi connectivity index (χ4v) is 2.03. The number of alkyl halides is 1. The van der Waals surface area contributed by atoms with E-state index in [0.29, 0.717) is 5.92 Å². The molecule has 14 heavy (non-hydrogen) atoms. The highest BCUT2D eigenvalue weighted by Crippen LogP contribution is 2.32. The summed E-state index contributed by atoms with van der Waals surface area (Å²) in [4.78, 5) is 0. The Morgan fingerprint density at radius 2 is 2.14 bits per heavy atom. The molecule has 0 heterocycles. The smallest absolute Gasteiger partial charge is 0.0591 e. The number of rotatable bonds is 7. The molecule has 0 aromatic carbocycles. The first-order valence-corrected chi connectivity index (χ1v) is 6.11. The van der Waals surface area contributed by atoms with Crippen LogP contribution in [0, 0.1) is 5.92 Å². The van der Waals surface area contributed by atoms with Gasteiger partial charge in [0, 0.05) is 24.6 Å². The van der Waals surface area contributed by atoms with E-state index < -0.39 is 0 Å². The zero-order valence-electron chi connectivity index (χ0n) is 9.31. The Morgan fingerprint density at radius 1 is 1.43 bits per heavy atom. The lowest BCUT2D eigenvalue weighted by molar-refractivity contribution is 0.0985. The van der Waals surface area contributed by atoms with Gasteiger partial charge in [0.2, 0.25) is 0 Å². The summed E-state index contributed by atoms with van der Waals surface area (Å²) in [7, 11) is 0. The summed E-state index contributed by atoms with van der Waals surface area (Å²) in [5.74, 6) is 1.36. The lowest BCUT2D eigenvalue weighted by atomic mass is 9.78. The normalized spacial score (nSPS) is 19.7. The molecule has 0 atom stereocenters. The third kappa shape index (κ3) is 3.76. The SMILES string of the molecule is CC(C)COCCNC1(CCl)CCC1. The van der Waals surface area contributed by atoms with Crippen molar-refractivity contribution in [3.8, 4) is 0 Å². The van der Waals surface area contributed by atoms with E-state index in [9.17, 15) is 0 Å². The lowest BCUT2D eigenvalue weighted by Crippen LogP contribution is -2.53. The summed E-state index contributed by atoms with van der Waals surface area (Å²) in [5.41, 5.74) is 0.239. The lowest BCUT2D eigenvalue weighted by Gasteiger charge is -2.41. The molecule has 0 aromatic rings. The first-order valence-electron chi connectivity index (χ1n) is 5.57. The van der Waals surface area contributed by atoms with Gasteiger partial charge in [-0.2, -0.15) is 0 Å². The molecular formula is C11H22ClNO. The average molecular weight is 220 g/mol. The van der Waals surface area contributed by atoms with Crippen LogP contribution in [0.4, 0.5) is 0 Å². The molecule has 0 unspecified atom stereocenters. The van der Waals surface area contributed by atoms with Crippen molar-refractivity contribution in [2.45, 2.75) is 38.6 Å². The standard InChI is InChI=1S/C11H22ClNO/c1-10(2)8-14-7-6-13-11(9-12)4-3-5-11/h10,13H,3-9H2,1-2H3. The van der Waals surface area contributed by atoms with Gasteiger partial charge in [0.25, 0.3) is 0 Å². The second-order valence-electron chi connectivity index (χ2n) is 4.66. The van der Waals surface area contributed by atoms with Gasteiger partial charge in [-0.15, -0.1) is 11.6 Å². The molecule has 1 saturated carbocycles. The molecule has 2 nitrogen and oxygen atoms in total. The summed E-state index contributed by atoms with van der Waals surface area (Å²) in [6.45, 7) is 6.92. The highest BCUT2D eigenvalue weighted by molar-refractivity contribution is 6.18. The Kier molecular flexibility index (Phi) is 5.21. The second-order valence-corrected chi connectivity index (χ2v) is 4.93. The molecule has 1 rings (SSSR count). The summed E-state index contributed by atoms with van der Waals surface area (Å²) in [5, 5.41) is 3.50. The zero-order valence-corrected chi connectivity index (χ0v) is 10.1. The monoisotopic (exact) mass is 219 g/mol. The van der Waals surface area contributed by atoms with Crippen LogP contribution in [0.15, 0.2) is 0 Å². The Hall–Kier alpha value is 0.210. The highest BCUT2D eigenvalue weighted by Gasteiger charge is 2.35. The molecule has 1 N–H and O–H groups in total. The van der Waals surface area contributed by atoms with Gasteiger partial charge in [-0.1, -0.05) is 13.8 Å². The molecule has 1 fully saturated rings. The largest absolute Gasteiger partial charge is 0.380 e. The minimum absolute atomic E-state index is 0.239. The predicted molar refractivity (Wildman–Crippen MR) is 61.0 cm³/mol. The molecule has 0 radical (unpaired) electrons. The van der Waals surface area contributed by atoms with Crippen LogP contribution in [-0.2, 0) is 4.74 Å². The van der Waals surface area contributed by atoms with Gasteiger partial charge in [-0.25, -0.2) is 0 Å². The van der Waals surface area contributed by atoms with Crippen molar-refractivity contribution >= 4 is 11.6 Å². The van der Waals surface area contributed by atoms with Gasteiger partial charge in [0.05, 0.1) is 6.61 Å². The fourth-order valence-electron chi connectivity index (χ4n) is 1.67. The fraction of sp³-hybridized carbons (Fsp3) is 1.00.